The van der Waals surface area contributed by atoms with E-state index in [9.17, 15) is 9.60 Å². The second-order valence-electron chi connectivity index (χ2n) is 8.62. The van der Waals surface area contributed by atoms with Crippen molar-refractivity contribution >= 4 is 33.5 Å². The summed E-state index contributed by atoms with van der Waals surface area (Å²) in [6.07, 6.45) is 1.64. The Morgan fingerprint density at radius 3 is 2.42 bits per heavy atom. The average molecular weight is 483 g/mol. The van der Waals surface area contributed by atoms with Gasteiger partial charge < -0.3 is 24.2 Å². The summed E-state index contributed by atoms with van der Waals surface area (Å²) < 4.78 is 25.1. The fourth-order valence-corrected chi connectivity index (χ4v) is 4.59. The Morgan fingerprint density at radius 2 is 1.67 bits per heavy atom. The number of para-hydroxylation sites is 1. The molecule has 0 aliphatic carbocycles. The van der Waals surface area contributed by atoms with Crippen LogP contribution in [0.1, 0.15) is 5.56 Å². The van der Waals surface area contributed by atoms with Crippen LogP contribution in [0, 0.1) is 5.82 Å². The summed E-state index contributed by atoms with van der Waals surface area (Å²) in [7, 11) is 0. The SMILES string of the molecule is O/N=C(/c1ccc(Oc2ccc3oc4ccccc4c3c2)nc1)N1CCN(c2ccc(F)cc2)CC1. The average Bonchev–Trinajstić information content (AvgIpc) is 3.29. The van der Waals surface area contributed by atoms with Crippen molar-refractivity contribution in [3.8, 4) is 11.6 Å². The number of aromatic nitrogens is 1. The maximum absolute atomic E-state index is 13.2. The van der Waals surface area contributed by atoms with Gasteiger partial charge in [-0.05, 0) is 54.6 Å². The van der Waals surface area contributed by atoms with Crippen LogP contribution in [0.2, 0.25) is 0 Å². The Balaban J connectivity index is 1.14. The molecule has 1 N–H and O–H groups in total. The molecule has 36 heavy (non-hydrogen) atoms. The fraction of sp³-hybridized carbons (Fsp3) is 0.143. The minimum absolute atomic E-state index is 0.248. The highest BCUT2D eigenvalue weighted by molar-refractivity contribution is 6.05. The molecule has 0 bridgehead atoms. The van der Waals surface area contributed by atoms with Gasteiger partial charge in [-0.2, -0.15) is 0 Å². The minimum Gasteiger partial charge on any atom is -0.456 e. The van der Waals surface area contributed by atoms with Crippen LogP contribution in [0.25, 0.3) is 21.9 Å². The fourth-order valence-electron chi connectivity index (χ4n) is 4.59. The third-order valence-corrected chi connectivity index (χ3v) is 6.43. The molecule has 2 aromatic heterocycles. The summed E-state index contributed by atoms with van der Waals surface area (Å²) in [5, 5.41) is 15.3. The van der Waals surface area contributed by atoms with Crippen LogP contribution in [0.15, 0.2) is 94.6 Å². The van der Waals surface area contributed by atoms with Crippen LogP contribution in [0.5, 0.6) is 11.6 Å². The Hall–Kier alpha value is -4.59. The van der Waals surface area contributed by atoms with Gasteiger partial charge in [0.05, 0.1) is 0 Å². The summed E-state index contributed by atoms with van der Waals surface area (Å²) >= 11 is 0. The van der Waals surface area contributed by atoms with Gasteiger partial charge in [-0.1, -0.05) is 23.4 Å². The summed E-state index contributed by atoms with van der Waals surface area (Å²) in [5.74, 6) is 1.30. The van der Waals surface area contributed by atoms with E-state index in [2.05, 4.69) is 15.0 Å². The Bertz CT molecular complexity index is 1540. The number of amidine groups is 1. The van der Waals surface area contributed by atoms with Crippen LogP contribution >= 0.6 is 0 Å². The molecule has 3 aromatic carbocycles. The van der Waals surface area contributed by atoms with Crippen molar-refractivity contribution in [3.63, 3.8) is 0 Å². The molecule has 1 saturated heterocycles. The zero-order valence-corrected chi connectivity index (χ0v) is 19.3. The second kappa shape index (κ2) is 9.22. The molecule has 5 aromatic rings. The molecule has 0 radical (unpaired) electrons. The topological polar surface area (TPSA) is 74.3 Å². The lowest BCUT2D eigenvalue weighted by Gasteiger charge is -2.37. The highest BCUT2D eigenvalue weighted by atomic mass is 19.1. The number of nitrogens with zero attached hydrogens (tertiary/aromatic N) is 4. The van der Waals surface area contributed by atoms with Crippen molar-refractivity contribution in [2.75, 3.05) is 31.1 Å². The van der Waals surface area contributed by atoms with E-state index in [1.807, 2.05) is 53.4 Å². The van der Waals surface area contributed by atoms with Crippen LogP contribution in [-0.4, -0.2) is 47.1 Å². The molecule has 8 heteroatoms. The number of fused-ring (bicyclic) bond motifs is 3. The molecule has 7 nitrogen and oxygen atoms in total. The molecule has 1 aliphatic heterocycles. The maximum Gasteiger partial charge on any atom is 0.219 e. The third kappa shape index (κ3) is 4.17. The Kier molecular flexibility index (Phi) is 5.61. The number of rotatable bonds is 4. The quantitative estimate of drug-likeness (QED) is 0.149. The molecular weight excluding hydrogens is 459 g/mol. The first-order valence-electron chi connectivity index (χ1n) is 11.7. The van der Waals surface area contributed by atoms with Crippen molar-refractivity contribution in [1.29, 1.82) is 0 Å². The Morgan fingerprint density at radius 1 is 0.889 bits per heavy atom. The van der Waals surface area contributed by atoms with Gasteiger partial charge in [-0.3, -0.25) is 0 Å². The number of furan rings is 1. The standard InChI is InChI=1S/C28H23FN4O3/c29-20-6-8-21(9-7-20)32-13-15-33(16-14-32)28(31-34)19-5-12-27(30-18-19)35-22-10-11-26-24(17-22)23-3-1-2-4-25(23)36-26/h1-12,17-18,34H,13-16H2/b31-28-. The number of piperazine rings is 1. The van der Waals surface area contributed by atoms with Crippen LogP contribution in [-0.2, 0) is 0 Å². The smallest absolute Gasteiger partial charge is 0.219 e. The van der Waals surface area contributed by atoms with Crippen LogP contribution < -0.4 is 9.64 Å². The molecule has 0 amide bonds. The highest BCUT2D eigenvalue weighted by Crippen LogP contribution is 2.32. The van der Waals surface area contributed by atoms with Crippen molar-refractivity contribution in [2.24, 2.45) is 5.16 Å². The van der Waals surface area contributed by atoms with Gasteiger partial charge in [0, 0.05) is 60.5 Å². The Labute approximate surface area is 206 Å². The lowest BCUT2D eigenvalue weighted by molar-refractivity contribution is 0.296. The summed E-state index contributed by atoms with van der Waals surface area (Å²) in [5.41, 5.74) is 3.30. The van der Waals surface area contributed by atoms with E-state index in [1.165, 1.54) is 12.1 Å². The predicted molar refractivity (Wildman–Crippen MR) is 137 cm³/mol. The van der Waals surface area contributed by atoms with Crippen LogP contribution in [0.3, 0.4) is 0 Å². The maximum atomic E-state index is 13.2. The van der Waals surface area contributed by atoms with E-state index in [0.29, 0.717) is 36.1 Å². The molecule has 0 saturated carbocycles. The van der Waals surface area contributed by atoms with E-state index in [0.717, 1.165) is 40.7 Å². The second-order valence-corrected chi connectivity index (χ2v) is 8.62. The summed E-state index contributed by atoms with van der Waals surface area (Å²) in [6.45, 7) is 2.77. The predicted octanol–water partition coefficient (Wildman–Crippen LogP) is 5.87. The number of halogens is 1. The number of ether oxygens (including phenoxy) is 1. The third-order valence-electron chi connectivity index (χ3n) is 6.43. The zero-order valence-electron chi connectivity index (χ0n) is 19.3. The molecule has 1 aliphatic rings. The monoisotopic (exact) mass is 482 g/mol. The van der Waals surface area contributed by atoms with Gasteiger partial charge >= 0.3 is 0 Å². The largest absolute Gasteiger partial charge is 0.456 e. The van der Waals surface area contributed by atoms with Crippen molar-refractivity contribution in [1.82, 2.24) is 9.88 Å². The molecule has 180 valence electrons. The van der Waals surface area contributed by atoms with Gasteiger partial charge in [0.15, 0.2) is 5.84 Å². The number of benzene rings is 3. The molecular formula is C28H23FN4O3. The van der Waals surface area contributed by atoms with Gasteiger partial charge in [0.2, 0.25) is 5.88 Å². The summed E-state index contributed by atoms with van der Waals surface area (Å²) in [4.78, 5) is 8.62. The normalized spacial score (nSPS) is 14.5. The van der Waals surface area contributed by atoms with E-state index >= 15 is 0 Å². The molecule has 0 atom stereocenters. The number of oxime groups is 1. The minimum atomic E-state index is -0.248. The van der Waals surface area contributed by atoms with E-state index in [1.54, 1.807) is 24.4 Å². The van der Waals surface area contributed by atoms with Gasteiger partial charge in [-0.25, -0.2) is 9.37 Å². The van der Waals surface area contributed by atoms with Crippen molar-refractivity contribution in [3.05, 3.63) is 96.4 Å². The van der Waals surface area contributed by atoms with Crippen LogP contribution in [0.4, 0.5) is 10.1 Å². The first-order chi connectivity index (χ1) is 17.7. The van der Waals surface area contributed by atoms with E-state index in [4.69, 9.17) is 9.15 Å². The lowest BCUT2D eigenvalue weighted by Crippen LogP contribution is -2.49. The van der Waals surface area contributed by atoms with E-state index < -0.39 is 0 Å². The molecule has 3 heterocycles. The molecule has 6 rings (SSSR count). The van der Waals surface area contributed by atoms with Crippen molar-refractivity contribution in [2.45, 2.75) is 0 Å². The number of anilines is 1. The first-order valence-corrected chi connectivity index (χ1v) is 11.7. The first kappa shape index (κ1) is 21.9. The number of hydrogen-bond donors (Lipinski definition) is 1. The van der Waals surface area contributed by atoms with Gasteiger partial charge in [-0.15, -0.1) is 0 Å². The highest BCUT2D eigenvalue weighted by Gasteiger charge is 2.22. The molecule has 0 unspecified atom stereocenters. The van der Waals surface area contributed by atoms with Crippen molar-refractivity contribution < 1.29 is 18.8 Å². The molecule has 1 fully saturated rings. The van der Waals surface area contributed by atoms with E-state index in [-0.39, 0.29) is 5.82 Å². The van der Waals surface area contributed by atoms with Gasteiger partial charge in [0.1, 0.15) is 22.7 Å². The summed E-state index contributed by atoms with van der Waals surface area (Å²) in [6, 6.07) is 23.6. The van der Waals surface area contributed by atoms with Gasteiger partial charge in [0.25, 0.3) is 0 Å². The zero-order chi connectivity index (χ0) is 24.5. The molecule has 0 spiro atoms. The lowest BCUT2D eigenvalue weighted by atomic mass is 10.1. The number of hydrogen-bond acceptors (Lipinski definition) is 6. The number of pyridine rings is 1.